The molecule has 0 saturated carbocycles. The minimum atomic E-state index is -0.301. The van der Waals surface area contributed by atoms with E-state index >= 15 is 0 Å². The number of rotatable bonds is 6. The summed E-state index contributed by atoms with van der Waals surface area (Å²) in [5.41, 5.74) is 3.81. The molecule has 0 aliphatic rings. The van der Waals surface area contributed by atoms with Gasteiger partial charge in [-0.25, -0.2) is 0 Å². The monoisotopic (exact) mass is 411 g/mol. The molecule has 4 rings (SSSR count). The predicted molar refractivity (Wildman–Crippen MR) is 119 cm³/mol. The van der Waals surface area contributed by atoms with Crippen molar-refractivity contribution in [2.24, 2.45) is 0 Å². The number of carbonyl (C=O) groups excluding carboxylic acids is 2. The van der Waals surface area contributed by atoms with Gasteiger partial charge < -0.3 is 10.6 Å². The van der Waals surface area contributed by atoms with E-state index in [4.69, 9.17) is 0 Å². The fourth-order valence-electron chi connectivity index (χ4n) is 3.24. The summed E-state index contributed by atoms with van der Waals surface area (Å²) in [6.45, 7) is 2.46. The lowest BCUT2D eigenvalue weighted by molar-refractivity contribution is 0.102. The molecule has 0 bridgehead atoms. The van der Waals surface area contributed by atoms with Crippen LogP contribution in [0.4, 0.5) is 11.4 Å². The van der Waals surface area contributed by atoms with E-state index in [2.05, 4.69) is 20.7 Å². The Balaban J connectivity index is 1.54. The van der Waals surface area contributed by atoms with Gasteiger partial charge in [0.25, 0.3) is 11.8 Å². The Kier molecular flexibility index (Phi) is 5.84. The molecule has 0 aliphatic heterocycles. The second kappa shape index (κ2) is 9.04. The number of hydrogen-bond acceptors (Lipinski definition) is 4. The molecule has 2 aromatic heterocycles. The highest BCUT2D eigenvalue weighted by molar-refractivity contribution is 6.13. The summed E-state index contributed by atoms with van der Waals surface area (Å²) in [4.78, 5) is 29.6. The van der Waals surface area contributed by atoms with Gasteiger partial charge in [-0.1, -0.05) is 24.3 Å². The van der Waals surface area contributed by atoms with Crippen LogP contribution in [0.1, 0.15) is 31.8 Å². The fraction of sp³-hybridized carbons (Fsp3) is 0.0833. The molecule has 0 atom stereocenters. The zero-order valence-electron chi connectivity index (χ0n) is 16.9. The van der Waals surface area contributed by atoms with Gasteiger partial charge in [0.05, 0.1) is 17.8 Å². The van der Waals surface area contributed by atoms with Gasteiger partial charge in [-0.05, 0) is 54.4 Å². The zero-order chi connectivity index (χ0) is 21.6. The number of carbonyl (C=O) groups is 2. The van der Waals surface area contributed by atoms with Crippen molar-refractivity contribution >= 4 is 23.2 Å². The maximum absolute atomic E-state index is 13.0. The highest BCUT2D eigenvalue weighted by Gasteiger charge is 2.16. The van der Waals surface area contributed by atoms with Crippen molar-refractivity contribution in [2.75, 3.05) is 10.6 Å². The lowest BCUT2D eigenvalue weighted by Gasteiger charge is -2.14. The number of pyridine rings is 1. The van der Waals surface area contributed by atoms with Crippen LogP contribution in [0.25, 0.3) is 0 Å². The highest BCUT2D eigenvalue weighted by Crippen LogP contribution is 2.23. The smallest absolute Gasteiger partial charge is 0.257 e. The maximum Gasteiger partial charge on any atom is 0.257 e. The van der Waals surface area contributed by atoms with Crippen molar-refractivity contribution in [3.05, 3.63) is 108 Å². The van der Waals surface area contributed by atoms with Crippen molar-refractivity contribution in [3.63, 3.8) is 0 Å². The van der Waals surface area contributed by atoms with E-state index in [1.54, 1.807) is 42.9 Å². The molecule has 154 valence electrons. The SMILES string of the molecule is Cc1cccc(C(=O)Nc2cccc(Cn3cccn3)c2)c1NC(=O)c1ccncc1. The number of nitrogens with one attached hydrogen (secondary N) is 2. The number of aromatic nitrogens is 3. The van der Waals surface area contributed by atoms with Crippen molar-refractivity contribution in [2.45, 2.75) is 13.5 Å². The first-order valence-electron chi connectivity index (χ1n) is 9.79. The Morgan fingerprint density at radius 1 is 0.903 bits per heavy atom. The van der Waals surface area contributed by atoms with Crippen molar-refractivity contribution < 1.29 is 9.59 Å². The van der Waals surface area contributed by atoms with Crippen LogP contribution >= 0.6 is 0 Å². The molecule has 7 nitrogen and oxygen atoms in total. The number of para-hydroxylation sites is 1. The van der Waals surface area contributed by atoms with Crippen LogP contribution in [0.2, 0.25) is 0 Å². The first kappa shape index (κ1) is 20.0. The van der Waals surface area contributed by atoms with Gasteiger partial charge in [0.1, 0.15) is 0 Å². The van der Waals surface area contributed by atoms with Gasteiger partial charge in [0.15, 0.2) is 0 Å². The van der Waals surface area contributed by atoms with E-state index in [0.29, 0.717) is 29.0 Å². The molecule has 31 heavy (non-hydrogen) atoms. The number of amides is 2. The second-order valence-electron chi connectivity index (χ2n) is 7.05. The summed E-state index contributed by atoms with van der Waals surface area (Å²) < 4.78 is 1.81. The summed E-state index contributed by atoms with van der Waals surface area (Å²) in [5.74, 6) is -0.600. The molecular weight excluding hydrogens is 390 g/mol. The topological polar surface area (TPSA) is 88.9 Å². The van der Waals surface area contributed by atoms with Gasteiger partial charge in [0, 0.05) is 36.0 Å². The van der Waals surface area contributed by atoms with Crippen LogP contribution in [0.15, 0.2) is 85.5 Å². The summed E-state index contributed by atoms with van der Waals surface area (Å²) in [6.07, 6.45) is 6.72. The molecular formula is C24H21N5O2. The number of hydrogen-bond donors (Lipinski definition) is 2. The molecule has 2 heterocycles. The van der Waals surface area contributed by atoms with Crippen LogP contribution in [0.5, 0.6) is 0 Å². The van der Waals surface area contributed by atoms with Crippen molar-refractivity contribution in [1.29, 1.82) is 0 Å². The van der Waals surface area contributed by atoms with E-state index in [1.165, 1.54) is 0 Å². The van der Waals surface area contributed by atoms with Crippen LogP contribution in [0, 0.1) is 6.92 Å². The summed E-state index contributed by atoms with van der Waals surface area (Å²) >= 11 is 0. The highest BCUT2D eigenvalue weighted by atomic mass is 16.2. The Labute approximate surface area is 179 Å². The molecule has 2 N–H and O–H groups in total. The van der Waals surface area contributed by atoms with Crippen LogP contribution < -0.4 is 10.6 Å². The number of aryl methyl sites for hydroxylation is 1. The lowest BCUT2D eigenvalue weighted by atomic mass is 10.1. The van der Waals surface area contributed by atoms with Gasteiger partial charge >= 0.3 is 0 Å². The standard InChI is InChI=1S/C24H21N5O2/c1-17-5-2-8-21(22(17)28-23(30)19-9-12-25-13-10-19)24(31)27-20-7-3-6-18(15-20)16-29-14-4-11-26-29/h2-15H,16H2,1H3,(H,27,31)(H,28,30). The molecule has 0 spiro atoms. The zero-order valence-corrected chi connectivity index (χ0v) is 16.9. The average Bonchev–Trinajstić information content (AvgIpc) is 3.29. The average molecular weight is 411 g/mol. The maximum atomic E-state index is 13.0. The number of benzene rings is 2. The number of nitrogens with zero attached hydrogens (tertiary/aromatic N) is 3. The molecule has 2 amide bonds. The van der Waals surface area contributed by atoms with E-state index in [0.717, 1.165) is 11.1 Å². The van der Waals surface area contributed by atoms with Gasteiger partial charge in [-0.15, -0.1) is 0 Å². The van der Waals surface area contributed by atoms with Gasteiger partial charge in [-0.2, -0.15) is 5.10 Å². The van der Waals surface area contributed by atoms with E-state index in [-0.39, 0.29) is 11.8 Å². The van der Waals surface area contributed by atoms with Gasteiger partial charge in [-0.3, -0.25) is 19.3 Å². The van der Waals surface area contributed by atoms with Gasteiger partial charge in [0.2, 0.25) is 0 Å². The van der Waals surface area contributed by atoms with E-state index in [9.17, 15) is 9.59 Å². The number of anilines is 2. The Morgan fingerprint density at radius 2 is 1.71 bits per heavy atom. The minimum Gasteiger partial charge on any atom is -0.322 e. The molecule has 0 fully saturated rings. The molecule has 0 radical (unpaired) electrons. The minimum absolute atomic E-state index is 0.299. The fourth-order valence-corrected chi connectivity index (χ4v) is 3.24. The first-order chi connectivity index (χ1) is 15.1. The third-order valence-electron chi connectivity index (χ3n) is 4.79. The van der Waals surface area contributed by atoms with E-state index in [1.807, 2.05) is 54.2 Å². The lowest BCUT2D eigenvalue weighted by Crippen LogP contribution is -2.19. The predicted octanol–water partition coefficient (Wildman–Crippen LogP) is 4.14. The Morgan fingerprint density at radius 3 is 2.48 bits per heavy atom. The summed E-state index contributed by atoms with van der Waals surface area (Å²) in [7, 11) is 0. The molecule has 2 aromatic carbocycles. The quantitative estimate of drug-likeness (QED) is 0.499. The first-order valence-corrected chi connectivity index (χ1v) is 9.79. The third-order valence-corrected chi connectivity index (χ3v) is 4.79. The Hall–Kier alpha value is -4.26. The van der Waals surface area contributed by atoms with Crippen LogP contribution in [-0.4, -0.2) is 26.6 Å². The molecule has 0 saturated heterocycles. The Bertz CT molecular complexity index is 1200. The van der Waals surface area contributed by atoms with Crippen molar-refractivity contribution in [1.82, 2.24) is 14.8 Å². The van der Waals surface area contributed by atoms with E-state index < -0.39 is 0 Å². The van der Waals surface area contributed by atoms with Crippen LogP contribution in [-0.2, 0) is 6.54 Å². The second-order valence-corrected chi connectivity index (χ2v) is 7.05. The van der Waals surface area contributed by atoms with Crippen LogP contribution in [0.3, 0.4) is 0 Å². The normalized spacial score (nSPS) is 10.5. The summed E-state index contributed by atoms with van der Waals surface area (Å²) in [5, 5.41) is 10.0. The van der Waals surface area contributed by atoms with Crippen molar-refractivity contribution in [3.8, 4) is 0 Å². The molecule has 0 unspecified atom stereocenters. The molecule has 4 aromatic rings. The largest absolute Gasteiger partial charge is 0.322 e. The molecule has 7 heteroatoms. The molecule has 0 aliphatic carbocycles. The third kappa shape index (κ3) is 4.84. The summed E-state index contributed by atoms with van der Waals surface area (Å²) in [6, 6.07) is 18.0.